The molecule has 1 aliphatic carbocycles. The third-order valence-corrected chi connectivity index (χ3v) is 2.97. The number of hydrogen-bond acceptors (Lipinski definition) is 4. The molecule has 4 heteroatoms. The van der Waals surface area contributed by atoms with Gasteiger partial charge < -0.3 is 19.9 Å². The molecule has 0 saturated heterocycles. The molecule has 94 valence electrons. The van der Waals surface area contributed by atoms with E-state index in [0.717, 1.165) is 30.9 Å². The van der Waals surface area contributed by atoms with Crippen molar-refractivity contribution in [1.29, 1.82) is 0 Å². The van der Waals surface area contributed by atoms with Crippen LogP contribution in [0.5, 0.6) is 11.5 Å². The van der Waals surface area contributed by atoms with Gasteiger partial charge in [-0.25, -0.2) is 0 Å². The van der Waals surface area contributed by atoms with Crippen molar-refractivity contribution in [2.75, 3.05) is 20.3 Å². The van der Waals surface area contributed by atoms with Crippen LogP contribution in [0.15, 0.2) is 24.3 Å². The maximum absolute atomic E-state index is 9.13. The SMILES string of the molecule is COc1ccccc1OCCNC1CC(O)C1. The smallest absolute Gasteiger partial charge is 0.161 e. The average Bonchev–Trinajstić information content (AvgIpc) is 2.32. The van der Waals surface area contributed by atoms with Gasteiger partial charge in [-0.05, 0) is 25.0 Å². The number of benzene rings is 1. The standard InChI is InChI=1S/C13H19NO3/c1-16-12-4-2-3-5-13(12)17-7-6-14-10-8-11(15)9-10/h2-5,10-11,14-15H,6-9H2,1H3. The minimum Gasteiger partial charge on any atom is -0.493 e. The van der Waals surface area contributed by atoms with Crippen molar-refractivity contribution < 1.29 is 14.6 Å². The van der Waals surface area contributed by atoms with Gasteiger partial charge in [0.05, 0.1) is 13.2 Å². The first-order valence-electron chi connectivity index (χ1n) is 5.97. The highest BCUT2D eigenvalue weighted by Gasteiger charge is 2.26. The fourth-order valence-electron chi connectivity index (χ4n) is 1.92. The molecule has 4 nitrogen and oxygen atoms in total. The van der Waals surface area contributed by atoms with Gasteiger partial charge in [0.15, 0.2) is 11.5 Å². The molecule has 0 amide bonds. The van der Waals surface area contributed by atoms with Crippen LogP contribution >= 0.6 is 0 Å². The van der Waals surface area contributed by atoms with Gasteiger partial charge in [-0.3, -0.25) is 0 Å². The number of methoxy groups -OCH3 is 1. The van der Waals surface area contributed by atoms with E-state index in [0.29, 0.717) is 12.6 Å². The largest absolute Gasteiger partial charge is 0.493 e. The number of aliphatic hydroxyl groups excluding tert-OH is 1. The van der Waals surface area contributed by atoms with E-state index in [2.05, 4.69) is 5.32 Å². The third-order valence-electron chi connectivity index (χ3n) is 2.97. The summed E-state index contributed by atoms with van der Waals surface area (Å²) in [7, 11) is 1.64. The first-order chi connectivity index (χ1) is 8.29. The van der Waals surface area contributed by atoms with E-state index in [1.54, 1.807) is 7.11 Å². The van der Waals surface area contributed by atoms with Gasteiger partial charge in [0.1, 0.15) is 6.61 Å². The topological polar surface area (TPSA) is 50.7 Å². The Hall–Kier alpha value is -1.26. The van der Waals surface area contributed by atoms with Crippen molar-refractivity contribution in [2.45, 2.75) is 25.0 Å². The van der Waals surface area contributed by atoms with E-state index in [1.165, 1.54) is 0 Å². The lowest BCUT2D eigenvalue weighted by Crippen LogP contribution is -2.45. The molecule has 0 spiro atoms. The molecule has 0 radical (unpaired) electrons. The van der Waals surface area contributed by atoms with Crippen LogP contribution in [0.25, 0.3) is 0 Å². The van der Waals surface area contributed by atoms with Gasteiger partial charge in [-0.15, -0.1) is 0 Å². The summed E-state index contributed by atoms with van der Waals surface area (Å²) in [5.74, 6) is 1.53. The summed E-state index contributed by atoms with van der Waals surface area (Å²) >= 11 is 0. The molecule has 0 bridgehead atoms. The Morgan fingerprint density at radius 1 is 1.29 bits per heavy atom. The lowest BCUT2D eigenvalue weighted by molar-refractivity contribution is 0.0611. The minimum atomic E-state index is -0.109. The molecule has 1 aliphatic rings. The van der Waals surface area contributed by atoms with Crippen LogP contribution in [-0.4, -0.2) is 37.5 Å². The van der Waals surface area contributed by atoms with Crippen LogP contribution in [-0.2, 0) is 0 Å². The molecule has 0 unspecified atom stereocenters. The Kier molecular flexibility index (Phi) is 4.23. The number of aliphatic hydroxyl groups is 1. The van der Waals surface area contributed by atoms with Gasteiger partial charge >= 0.3 is 0 Å². The van der Waals surface area contributed by atoms with Crippen molar-refractivity contribution in [1.82, 2.24) is 5.32 Å². The van der Waals surface area contributed by atoms with Crippen molar-refractivity contribution in [2.24, 2.45) is 0 Å². The molecule has 0 atom stereocenters. The Morgan fingerprint density at radius 3 is 2.65 bits per heavy atom. The first kappa shape index (κ1) is 12.2. The van der Waals surface area contributed by atoms with Crippen LogP contribution < -0.4 is 14.8 Å². The quantitative estimate of drug-likeness (QED) is 0.730. The summed E-state index contributed by atoms with van der Waals surface area (Å²) in [6.07, 6.45) is 1.60. The molecule has 1 aromatic rings. The van der Waals surface area contributed by atoms with Crippen LogP contribution in [0.1, 0.15) is 12.8 Å². The lowest BCUT2D eigenvalue weighted by atomic mass is 9.90. The van der Waals surface area contributed by atoms with Crippen molar-refractivity contribution in [3.05, 3.63) is 24.3 Å². The van der Waals surface area contributed by atoms with Crippen LogP contribution in [0, 0.1) is 0 Å². The molecule has 1 saturated carbocycles. The van der Waals surface area contributed by atoms with Crippen molar-refractivity contribution in [3.63, 3.8) is 0 Å². The van der Waals surface area contributed by atoms with E-state index in [9.17, 15) is 0 Å². The zero-order chi connectivity index (χ0) is 12.1. The van der Waals surface area contributed by atoms with E-state index in [1.807, 2.05) is 24.3 Å². The maximum Gasteiger partial charge on any atom is 0.161 e. The maximum atomic E-state index is 9.13. The lowest BCUT2D eigenvalue weighted by Gasteiger charge is -2.32. The van der Waals surface area contributed by atoms with E-state index in [4.69, 9.17) is 14.6 Å². The molecule has 0 aliphatic heterocycles. The highest BCUT2D eigenvalue weighted by Crippen LogP contribution is 2.25. The molecule has 2 rings (SSSR count). The average molecular weight is 237 g/mol. The summed E-state index contributed by atoms with van der Waals surface area (Å²) in [4.78, 5) is 0. The predicted octanol–water partition coefficient (Wildman–Crippen LogP) is 1.19. The molecule has 0 aromatic heterocycles. The summed E-state index contributed by atoms with van der Waals surface area (Å²) < 4.78 is 10.8. The van der Waals surface area contributed by atoms with Gasteiger partial charge in [0, 0.05) is 12.6 Å². The van der Waals surface area contributed by atoms with E-state index < -0.39 is 0 Å². The van der Waals surface area contributed by atoms with Gasteiger partial charge in [0.2, 0.25) is 0 Å². The van der Waals surface area contributed by atoms with E-state index >= 15 is 0 Å². The summed E-state index contributed by atoms with van der Waals surface area (Å²) in [6.45, 7) is 1.39. The second-order valence-electron chi connectivity index (χ2n) is 4.28. The zero-order valence-corrected chi connectivity index (χ0v) is 10.1. The Morgan fingerprint density at radius 2 is 2.00 bits per heavy atom. The molecular formula is C13H19NO3. The number of ether oxygens (including phenoxy) is 2. The Labute approximate surface area is 102 Å². The predicted molar refractivity (Wildman–Crippen MR) is 65.5 cm³/mol. The fraction of sp³-hybridized carbons (Fsp3) is 0.538. The summed E-state index contributed by atoms with van der Waals surface area (Å²) in [5, 5.41) is 12.5. The summed E-state index contributed by atoms with van der Waals surface area (Å²) in [5.41, 5.74) is 0. The Balaban J connectivity index is 1.67. The van der Waals surface area contributed by atoms with Crippen LogP contribution in [0.2, 0.25) is 0 Å². The molecule has 1 aromatic carbocycles. The second kappa shape index (κ2) is 5.89. The van der Waals surface area contributed by atoms with Crippen LogP contribution in [0.3, 0.4) is 0 Å². The number of nitrogens with one attached hydrogen (secondary N) is 1. The highest BCUT2D eigenvalue weighted by atomic mass is 16.5. The Bertz CT molecular complexity index is 350. The van der Waals surface area contributed by atoms with Gasteiger partial charge in [-0.1, -0.05) is 12.1 Å². The van der Waals surface area contributed by atoms with Crippen molar-refractivity contribution in [3.8, 4) is 11.5 Å². The zero-order valence-electron chi connectivity index (χ0n) is 10.1. The molecular weight excluding hydrogens is 218 g/mol. The number of hydrogen-bond donors (Lipinski definition) is 2. The highest BCUT2D eigenvalue weighted by molar-refractivity contribution is 5.39. The number of rotatable bonds is 6. The summed E-state index contributed by atoms with van der Waals surface area (Å²) in [6, 6.07) is 8.07. The minimum absolute atomic E-state index is 0.109. The monoisotopic (exact) mass is 237 g/mol. The van der Waals surface area contributed by atoms with Gasteiger partial charge in [-0.2, -0.15) is 0 Å². The fourth-order valence-corrected chi connectivity index (χ4v) is 1.92. The van der Waals surface area contributed by atoms with Crippen LogP contribution in [0.4, 0.5) is 0 Å². The molecule has 17 heavy (non-hydrogen) atoms. The molecule has 0 heterocycles. The third kappa shape index (κ3) is 3.35. The number of para-hydroxylation sites is 2. The van der Waals surface area contributed by atoms with E-state index in [-0.39, 0.29) is 6.10 Å². The molecule has 2 N–H and O–H groups in total. The molecule has 1 fully saturated rings. The first-order valence-corrected chi connectivity index (χ1v) is 5.97. The van der Waals surface area contributed by atoms with Crippen molar-refractivity contribution >= 4 is 0 Å². The normalized spacial score (nSPS) is 22.9. The second-order valence-corrected chi connectivity index (χ2v) is 4.28. The van der Waals surface area contributed by atoms with Gasteiger partial charge in [0.25, 0.3) is 0 Å².